The Labute approximate surface area is 120 Å². The SMILES string of the molecule is CC(C)(C)CC(C)(C)NC(=O)N1C[C@@H](O)C[C@H]1C(=O)O. The minimum Gasteiger partial charge on any atom is -0.480 e. The quantitative estimate of drug-likeness (QED) is 0.732. The van der Waals surface area contributed by atoms with E-state index in [2.05, 4.69) is 26.1 Å². The van der Waals surface area contributed by atoms with Crippen LogP contribution >= 0.6 is 0 Å². The second-order valence-electron chi connectivity index (χ2n) is 7.45. The van der Waals surface area contributed by atoms with Crippen molar-refractivity contribution in [1.29, 1.82) is 0 Å². The van der Waals surface area contributed by atoms with Crippen LogP contribution in [-0.4, -0.2) is 51.3 Å². The number of amides is 2. The molecule has 0 saturated carbocycles. The van der Waals surface area contributed by atoms with Crippen molar-refractivity contribution in [3.8, 4) is 0 Å². The molecule has 6 heteroatoms. The number of hydrogen-bond donors (Lipinski definition) is 3. The largest absolute Gasteiger partial charge is 0.480 e. The number of nitrogens with zero attached hydrogens (tertiary/aromatic N) is 1. The molecule has 1 heterocycles. The molecule has 1 rings (SSSR count). The van der Waals surface area contributed by atoms with Gasteiger partial charge in [-0.25, -0.2) is 9.59 Å². The van der Waals surface area contributed by atoms with Crippen molar-refractivity contribution in [2.75, 3.05) is 6.54 Å². The van der Waals surface area contributed by atoms with E-state index < -0.39 is 29.7 Å². The molecule has 0 aromatic heterocycles. The van der Waals surface area contributed by atoms with E-state index in [9.17, 15) is 14.7 Å². The van der Waals surface area contributed by atoms with Gasteiger partial charge in [-0.05, 0) is 25.7 Å². The third-order valence-corrected chi connectivity index (χ3v) is 3.24. The van der Waals surface area contributed by atoms with Crippen LogP contribution in [0.2, 0.25) is 0 Å². The maximum absolute atomic E-state index is 12.2. The van der Waals surface area contributed by atoms with Crippen LogP contribution in [0.25, 0.3) is 0 Å². The summed E-state index contributed by atoms with van der Waals surface area (Å²) in [4.78, 5) is 24.6. The van der Waals surface area contributed by atoms with Crippen molar-refractivity contribution in [1.82, 2.24) is 10.2 Å². The number of carboxylic acids is 1. The highest BCUT2D eigenvalue weighted by Gasteiger charge is 2.40. The lowest BCUT2D eigenvalue weighted by atomic mass is 9.82. The fourth-order valence-corrected chi connectivity index (χ4v) is 3.00. The van der Waals surface area contributed by atoms with Gasteiger partial charge in [0, 0.05) is 18.5 Å². The number of aliphatic carboxylic acids is 1. The van der Waals surface area contributed by atoms with Gasteiger partial charge in [0.25, 0.3) is 0 Å². The van der Waals surface area contributed by atoms with Gasteiger partial charge in [-0.3, -0.25) is 0 Å². The van der Waals surface area contributed by atoms with Gasteiger partial charge in [-0.1, -0.05) is 20.8 Å². The standard InChI is InChI=1S/C14H26N2O4/c1-13(2,3)8-14(4,5)15-12(20)16-7-9(17)6-10(16)11(18)19/h9-10,17H,6-8H2,1-5H3,(H,15,20)(H,18,19)/t9-,10-/m0/s1. The van der Waals surface area contributed by atoms with Gasteiger partial charge in [0.1, 0.15) is 6.04 Å². The first-order valence-electron chi connectivity index (χ1n) is 6.91. The molecule has 6 nitrogen and oxygen atoms in total. The van der Waals surface area contributed by atoms with Crippen molar-refractivity contribution >= 4 is 12.0 Å². The molecule has 1 aliphatic heterocycles. The summed E-state index contributed by atoms with van der Waals surface area (Å²) in [6.07, 6.45) is 0.0788. The molecule has 2 amide bonds. The molecule has 2 atom stereocenters. The molecule has 0 bridgehead atoms. The Morgan fingerprint density at radius 1 is 1.25 bits per heavy atom. The van der Waals surface area contributed by atoms with E-state index in [1.54, 1.807) is 0 Å². The number of aliphatic hydroxyl groups excluding tert-OH is 1. The summed E-state index contributed by atoms with van der Waals surface area (Å²) in [5.74, 6) is -1.08. The van der Waals surface area contributed by atoms with Gasteiger partial charge < -0.3 is 20.4 Å². The third kappa shape index (κ3) is 4.67. The fourth-order valence-electron chi connectivity index (χ4n) is 3.00. The molecule has 0 spiro atoms. The zero-order chi connectivity index (χ0) is 15.7. The van der Waals surface area contributed by atoms with Crippen LogP contribution in [0.4, 0.5) is 4.79 Å². The van der Waals surface area contributed by atoms with Gasteiger partial charge in [0.05, 0.1) is 6.10 Å². The molecule has 0 aliphatic carbocycles. The Hall–Kier alpha value is -1.30. The average molecular weight is 286 g/mol. The van der Waals surface area contributed by atoms with Crippen LogP contribution < -0.4 is 5.32 Å². The van der Waals surface area contributed by atoms with Crippen molar-refractivity contribution in [2.24, 2.45) is 5.41 Å². The van der Waals surface area contributed by atoms with Crippen LogP contribution in [0.15, 0.2) is 0 Å². The number of hydrogen-bond acceptors (Lipinski definition) is 3. The van der Waals surface area contributed by atoms with E-state index >= 15 is 0 Å². The summed E-state index contributed by atoms with van der Waals surface area (Å²) in [7, 11) is 0. The fraction of sp³-hybridized carbons (Fsp3) is 0.857. The number of carbonyl (C=O) groups is 2. The lowest BCUT2D eigenvalue weighted by Crippen LogP contribution is -2.54. The maximum Gasteiger partial charge on any atom is 0.326 e. The molecule has 20 heavy (non-hydrogen) atoms. The molecule has 1 fully saturated rings. The number of β-amino-alcohol motifs (C(OH)–C–C–N with tert-alkyl or cyclic N) is 1. The molecule has 1 saturated heterocycles. The number of carboxylic acid groups (broad SMARTS) is 1. The molecule has 0 unspecified atom stereocenters. The average Bonchev–Trinajstić information content (AvgIpc) is 2.55. The van der Waals surface area contributed by atoms with Crippen molar-refractivity contribution in [2.45, 2.75) is 65.1 Å². The van der Waals surface area contributed by atoms with Gasteiger partial charge in [-0.15, -0.1) is 0 Å². The van der Waals surface area contributed by atoms with E-state index in [1.165, 1.54) is 4.90 Å². The summed E-state index contributed by atoms with van der Waals surface area (Å²) in [5.41, 5.74) is -0.389. The number of carbonyl (C=O) groups excluding carboxylic acids is 1. The zero-order valence-electron chi connectivity index (χ0n) is 12.9. The third-order valence-electron chi connectivity index (χ3n) is 3.24. The predicted octanol–water partition coefficient (Wildman–Crippen LogP) is 1.43. The monoisotopic (exact) mass is 286 g/mol. The molecular weight excluding hydrogens is 260 g/mol. The molecule has 1 aliphatic rings. The number of rotatable bonds is 3. The summed E-state index contributed by atoms with van der Waals surface area (Å²) in [6, 6.07) is -1.38. The Balaban J connectivity index is 2.72. The smallest absolute Gasteiger partial charge is 0.326 e. The second-order valence-corrected chi connectivity index (χ2v) is 7.45. The van der Waals surface area contributed by atoms with E-state index in [-0.39, 0.29) is 18.4 Å². The Bertz CT molecular complexity index is 387. The Morgan fingerprint density at radius 3 is 2.25 bits per heavy atom. The number of aliphatic hydroxyl groups is 1. The highest BCUT2D eigenvalue weighted by atomic mass is 16.4. The minimum absolute atomic E-state index is 0.0491. The molecule has 3 N–H and O–H groups in total. The predicted molar refractivity (Wildman–Crippen MR) is 75.4 cm³/mol. The van der Waals surface area contributed by atoms with Crippen molar-refractivity contribution < 1.29 is 19.8 Å². The Kier molecular flexibility index (Phi) is 4.69. The van der Waals surface area contributed by atoms with Crippen LogP contribution in [0.5, 0.6) is 0 Å². The van der Waals surface area contributed by atoms with E-state index in [0.717, 1.165) is 6.42 Å². The summed E-state index contributed by atoms with van der Waals surface area (Å²) < 4.78 is 0. The minimum atomic E-state index is -1.08. The molecular formula is C14H26N2O4. The van der Waals surface area contributed by atoms with Crippen LogP contribution in [0.1, 0.15) is 47.5 Å². The van der Waals surface area contributed by atoms with Gasteiger partial charge in [0.2, 0.25) is 0 Å². The van der Waals surface area contributed by atoms with Crippen LogP contribution in [0.3, 0.4) is 0 Å². The first kappa shape index (κ1) is 16.8. The summed E-state index contributed by atoms with van der Waals surface area (Å²) in [5, 5.41) is 21.5. The van der Waals surface area contributed by atoms with E-state index in [4.69, 9.17) is 5.11 Å². The molecule has 0 aromatic rings. The highest BCUT2D eigenvalue weighted by Crippen LogP contribution is 2.27. The van der Waals surface area contributed by atoms with Gasteiger partial charge in [0.15, 0.2) is 0 Å². The zero-order valence-corrected chi connectivity index (χ0v) is 12.9. The number of nitrogens with one attached hydrogen (secondary N) is 1. The van der Waals surface area contributed by atoms with Crippen LogP contribution in [-0.2, 0) is 4.79 Å². The topological polar surface area (TPSA) is 89.9 Å². The highest BCUT2D eigenvalue weighted by molar-refractivity contribution is 5.83. The van der Waals surface area contributed by atoms with Crippen molar-refractivity contribution in [3.63, 3.8) is 0 Å². The summed E-state index contributed by atoms with van der Waals surface area (Å²) in [6.45, 7) is 10.1. The van der Waals surface area contributed by atoms with Gasteiger partial charge in [-0.2, -0.15) is 0 Å². The molecule has 116 valence electrons. The lowest BCUT2D eigenvalue weighted by Gasteiger charge is -2.35. The maximum atomic E-state index is 12.2. The van der Waals surface area contributed by atoms with Crippen molar-refractivity contribution in [3.05, 3.63) is 0 Å². The molecule has 0 aromatic carbocycles. The Morgan fingerprint density at radius 2 is 1.80 bits per heavy atom. The number of urea groups is 1. The first-order valence-corrected chi connectivity index (χ1v) is 6.91. The number of likely N-dealkylation sites (tertiary alicyclic amines) is 1. The van der Waals surface area contributed by atoms with Gasteiger partial charge >= 0.3 is 12.0 Å². The van der Waals surface area contributed by atoms with E-state index in [1.807, 2.05) is 13.8 Å². The van der Waals surface area contributed by atoms with Crippen LogP contribution in [0, 0.1) is 5.41 Å². The molecule has 0 radical (unpaired) electrons. The second kappa shape index (κ2) is 5.60. The van der Waals surface area contributed by atoms with E-state index in [0.29, 0.717) is 0 Å². The normalized spacial score (nSPS) is 23.8. The lowest BCUT2D eigenvalue weighted by molar-refractivity contribution is -0.141. The summed E-state index contributed by atoms with van der Waals surface area (Å²) >= 11 is 0. The first-order chi connectivity index (χ1) is 8.91.